The fourth-order valence-corrected chi connectivity index (χ4v) is 3.50. The molecule has 4 unspecified atom stereocenters. The number of nitrogens with one attached hydrogen (secondary N) is 2. The molecule has 6 nitrogen and oxygen atoms in total. The Kier molecular flexibility index (Phi) is 3.90. The second-order valence-electron chi connectivity index (χ2n) is 6.15. The molecule has 1 aromatic carbocycles. The number of hydrazine groups is 1. The van der Waals surface area contributed by atoms with Crippen molar-refractivity contribution >= 4 is 17.8 Å². The molecule has 0 heterocycles. The van der Waals surface area contributed by atoms with Crippen molar-refractivity contribution < 1.29 is 19.5 Å². The zero-order valence-electron chi connectivity index (χ0n) is 12.7. The Morgan fingerprint density at radius 3 is 2.22 bits per heavy atom. The Labute approximate surface area is 133 Å². The van der Waals surface area contributed by atoms with Gasteiger partial charge in [0, 0.05) is 5.56 Å². The number of rotatable bonds is 3. The molecule has 3 N–H and O–H groups in total. The highest BCUT2D eigenvalue weighted by atomic mass is 16.4. The highest BCUT2D eigenvalue weighted by molar-refractivity contribution is 5.96. The molecular weight excluding hydrogens is 296 g/mol. The molecule has 1 fully saturated rings. The number of allylic oxidation sites excluding steroid dienone is 2. The molecule has 6 heteroatoms. The van der Waals surface area contributed by atoms with E-state index < -0.39 is 29.6 Å². The number of carbonyl (C=O) groups excluding carboxylic acids is 2. The smallest absolute Gasteiger partial charge is 0.307 e. The molecule has 0 spiro atoms. The summed E-state index contributed by atoms with van der Waals surface area (Å²) in [5, 5.41) is 9.33. The number of amides is 2. The lowest BCUT2D eigenvalue weighted by atomic mass is 9.82. The molecule has 0 radical (unpaired) electrons. The number of carboxylic acids is 1. The van der Waals surface area contributed by atoms with Crippen molar-refractivity contribution in [2.24, 2.45) is 23.7 Å². The van der Waals surface area contributed by atoms with E-state index >= 15 is 0 Å². The third-order valence-electron chi connectivity index (χ3n) is 4.66. The predicted octanol–water partition coefficient (Wildman–Crippen LogP) is 1.28. The van der Waals surface area contributed by atoms with Gasteiger partial charge in [-0.25, -0.2) is 0 Å². The van der Waals surface area contributed by atoms with Gasteiger partial charge >= 0.3 is 5.97 Å². The van der Waals surface area contributed by atoms with Crippen LogP contribution in [0, 0.1) is 30.6 Å². The van der Waals surface area contributed by atoms with Gasteiger partial charge in [-0.1, -0.05) is 29.8 Å². The molecule has 3 rings (SSSR count). The molecule has 1 saturated carbocycles. The van der Waals surface area contributed by atoms with Crippen LogP contribution in [0.5, 0.6) is 0 Å². The van der Waals surface area contributed by atoms with Crippen molar-refractivity contribution in [2.75, 3.05) is 0 Å². The number of aliphatic carboxylic acids is 1. The normalized spacial score (nSPS) is 27.7. The van der Waals surface area contributed by atoms with Gasteiger partial charge in [-0.05, 0) is 37.3 Å². The number of aryl methyl sites for hydroxylation is 1. The average molecular weight is 314 g/mol. The molecular formula is C17H18N2O4. The summed E-state index contributed by atoms with van der Waals surface area (Å²) in [6.45, 7) is 1.91. The lowest BCUT2D eigenvalue weighted by Crippen LogP contribution is -2.48. The molecule has 4 atom stereocenters. The number of fused-ring (bicyclic) bond motifs is 2. The van der Waals surface area contributed by atoms with E-state index in [2.05, 4.69) is 10.9 Å². The summed E-state index contributed by atoms with van der Waals surface area (Å²) in [5.74, 6) is -3.37. The van der Waals surface area contributed by atoms with Crippen molar-refractivity contribution in [1.82, 2.24) is 10.9 Å². The third kappa shape index (κ3) is 2.84. The van der Waals surface area contributed by atoms with Gasteiger partial charge in [0.2, 0.25) is 5.91 Å². The molecule has 0 saturated heterocycles. The Morgan fingerprint density at radius 2 is 1.61 bits per heavy atom. The predicted molar refractivity (Wildman–Crippen MR) is 82.1 cm³/mol. The van der Waals surface area contributed by atoms with Crippen LogP contribution in [0.15, 0.2) is 36.4 Å². The van der Waals surface area contributed by atoms with Crippen molar-refractivity contribution in [3.05, 3.63) is 47.5 Å². The topological polar surface area (TPSA) is 95.5 Å². The quantitative estimate of drug-likeness (QED) is 0.578. The number of hydrogen-bond donors (Lipinski definition) is 3. The summed E-state index contributed by atoms with van der Waals surface area (Å²) in [6.07, 6.45) is 4.45. The molecule has 2 aliphatic carbocycles. The van der Waals surface area contributed by atoms with Crippen LogP contribution >= 0.6 is 0 Å². The Bertz CT molecular complexity index is 680. The van der Waals surface area contributed by atoms with Gasteiger partial charge in [0.25, 0.3) is 5.91 Å². The van der Waals surface area contributed by atoms with E-state index in [1.807, 2.05) is 19.1 Å². The maximum Gasteiger partial charge on any atom is 0.307 e. The van der Waals surface area contributed by atoms with Crippen molar-refractivity contribution in [3.63, 3.8) is 0 Å². The molecule has 23 heavy (non-hydrogen) atoms. The van der Waals surface area contributed by atoms with Crippen LogP contribution < -0.4 is 10.9 Å². The van der Waals surface area contributed by atoms with E-state index in [-0.39, 0.29) is 11.8 Å². The lowest BCUT2D eigenvalue weighted by molar-refractivity contribution is -0.148. The molecule has 0 aromatic heterocycles. The van der Waals surface area contributed by atoms with Crippen LogP contribution in [-0.2, 0) is 9.59 Å². The van der Waals surface area contributed by atoms with E-state index in [9.17, 15) is 19.5 Å². The summed E-state index contributed by atoms with van der Waals surface area (Å²) < 4.78 is 0. The molecule has 1 aromatic rings. The van der Waals surface area contributed by atoms with E-state index in [1.165, 1.54) is 0 Å². The maximum absolute atomic E-state index is 12.3. The van der Waals surface area contributed by atoms with E-state index in [1.54, 1.807) is 24.3 Å². The molecule has 2 bridgehead atoms. The summed E-state index contributed by atoms with van der Waals surface area (Å²) in [5.41, 5.74) is 6.19. The third-order valence-corrected chi connectivity index (χ3v) is 4.66. The largest absolute Gasteiger partial charge is 0.481 e. The minimum absolute atomic E-state index is 0.0719. The highest BCUT2D eigenvalue weighted by Crippen LogP contribution is 2.48. The van der Waals surface area contributed by atoms with E-state index in [4.69, 9.17) is 0 Å². The molecule has 2 aliphatic rings. The summed E-state index contributed by atoms with van der Waals surface area (Å²) in [6, 6.07) is 6.93. The van der Waals surface area contributed by atoms with Gasteiger partial charge in [-0.3, -0.25) is 25.2 Å². The first-order valence-corrected chi connectivity index (χ1v) is 7.55. The number of carboxylic acid groups (broad SMARTS) is 1. The second-order valence-corrected chi connectivity index (χ2v) is 6.15. The Balaban J connectivity index is 1.63. The number of hydrogen-bond acceptors (Lipinski definition) is 3. The minimum atomic E-state index is -0.966. The van der Waals surface area contributed by atoms with Crippen molar-refractivity contribution in [3.8, 4) is 0 Å². The standard InChI is InChI=1S/C17H18N2O4/c1-9-2-4-10(5-3-9)15(20)18-19-16(21)13-11-6-7-12(8-11)14(13)17(22)23/h2-7,11-14H,8H2,1H3,(H,18,20)(H,19,21)(H,22,23). The van der Waals surface area contributed by atoms with Crippen molar-refractivity contribution in [1.29, 1.82) is 0 Å². The first-order valence-electron chi connectivity index (χ1n) is 7.55. The molecule has 2 amide bonds. The summed E-state index contributed by atoms with van der Waals surface area (Å²) >= 11 is 0. The number of carbonyl (C=O) groups is 3. The summed E-state index contributed by atoms with van der Waals surface area (Å²) in [4.78, 5) is 35.7. The van der Waals surface area contributed by atoms with Gasteiger partial charge in [-0.2, -0.15) is 0 Å². The van der Waals surface area contributed by atoms with E-state index in [0.717, 1.165) is 5.56 Å². The fraction of sp³-hybridized carbons (Fsp3) is 0.353. The van der Waals surface area contributed by atoms with Gasteiger partial charge in [-0.15, -0.1) is 0 Å². The minimum Gasteiger partial charge on any atom is -0.481 e. The van der Waals surface area contributed by atoms with Gasteiger partial charge in [0.15, 0.2) is 0 Å². The van der Waals surface area contributed by atoms with Crippen LogP contribution in [0.2, 0.25) is 0 Å². The van der Waals surface area contributed by atoms with Gasteiger partial charge in [0.1, 0.15) is 0 Å². The maximum atomic E-state index is 12.3. The van der Waals surface area contributed by atoms with Crippen molar-refractivity contribution in [2.45, 2.75) is 13.3 Å². The molecule has 120 valence electrons. The Hall–Kier alpha value is -2.63. The van der Waals surface area contributed by atoms with Crippen LogP contribution in [-0.4, -0.2) is 22.9 Å². The van der Waals surface area contributed by atoms with Gasteiger partial charge < -0.3 is 5.11 Å². The number of benzene rings is 1. The SMILES string of the molecule is Cc1ccc(C(=O)NNC(=O)C2C3C=CC(C3)C2C(=O)O)cc1. The van der Waals surface area contributed by atoms with E-state index in [0.29, 0.717) is 12.0 Å². The zero-order valence-corrected chi connectivity index (χ0v) is 12.7. The van der Waals surface area contributed by atoms with Crippen LogP contribution in [0.3, 0.4) is 0 Å². The van der Waals surface area contributed by atoms with Crippen LogP contribution in [0.1, 0.15) is 22.3 Å². The van der Waals surface area contributed by atoms with Crippen LogP contribution in [0.4, 0.5) is 0 Å². The summed E-state index contributed by atoms with van der Waals surface area (Å²) in [7, 11) is 0. The average Bonchev–Trinajstić information content (AvgIpc) is 3.13. The van der Waals surface area contributed by atoms with Crippen LogP contribution in [0.25, 0.3) is 0 Å². The monoisotopic (exact) mass is 314 g/mol. The first-order chi connectivity index (χ1) is 11.0. The lowest BCUT2D eigenvalue weighted by Gasteiger charge is -2.23. The Morgan fingerprint density at radius 1 is 1.00 bits per heavy atom. The molecule has 0 aliphatic heterocycles. The first kappa shape index (κ1) is 15.3. The fourth-order valence-electron chi connectivity index (χ4n) is 3.50. The second kappa shape index (κ2) is 5.87. The van der Waals surface area contributed by atoms with Gasteiger partial charge in [0.05, 0.1) is 11.8 Å². The zero-order chi connectivity index (χ0) is 16.6. The highest BCUT2D eigenvalue weighted by Gasteiger charge is 2.51.